The van der Waals surface area contributed by atoms with Gasteiger partial charge >= 0.3 is 0 Å². The van der Waals surface area contributed by atoms with Gasteiger partial charge in [0.1, 0.15) is 5.75 Å². The Labute approximate surface area is 109 Å². The first-order chi connectivity index (χ1) is 8.56. The molecule has 0 spiro atoms. The number of nitriles is 1. The smallest absolute Gasteiger partial charge is 0.237 e. The number of rotatable bonds is 5. The number of amides is 1. The molecule has 0 aliphatic heterocycles. The number of nitrogens with one attached hydrogen (secondary N) is 1. The van der Waals surface area contributed by atoms with Crippen LogP contribution in [-0.2, 0) is 15.6 Å². The van der Waals surface area contributed by atoms with Crippen molar-refractivity contribution in [2.45, 2.75) is 25.5 Å². The Morgan fingerprint density at radius 1 is 1.56 bits per heavy atom. The molecule has 0 saturated carbocycles. The van der Waals surface area contributed by atoms with Crippen molar-refractivity contribution < 1.29 is 9.00 Å². The maximum atomic E-state index is 11.7. The van der Waals surface area contributed by atoms with Crippen LogP contribution in [0.25, 0.3) is 0 Å². The summed E-state index contributed by atoms with van der Waals surface area (Å²) in [5.41, 5.74) is 1.04. The van der Waals surface area contributed by atoms with Gasteiger partial charge in [-0.2, -0.15) is 5.26 Å². The van der Waals surface area contributed by atoms with E-state index in [0.717, 1.165) is 6.42 Å². The average molecular weight is 264 g/mol. The van der Waals surface area contributed by atoms with Crippen LogP contribution in [0.5, 0.6) is 0 Å². The Bertz CT molecular complexity index is 494. The Kier molecular flexibility index (Phi) is 5.53. The van der Waals surface area contributed by atoms with Gasteiger partial charge in [-0.1, -0.05) is 19.9 Å². The van der Waals surface area contributed by atoms with Crippen LogP contribution >= 0.6 is 0 Å². The maximum absolute atomic E-state index is 11.7. The number of anilines is 1. The second kappa shape index (κ2) is 6.92. The van der Waals surface area contributed by atoms with Crippen LogP contribution in [0.3, 0.4) is 0 Å². The van der Waals surface area contributed by atoms with Gasteiger partial charge in [0.2, 0.25) is 5.91 Å². The Morgan fingerprint density at radius 2 is 2.28 bits per heavy atom. The molecule has 0 heterocycles. The summed E-state index contributed by atoms with van der Waals surface area (Å²) in [5.74, 6) is -0.296. The van der Waals surface area contributed by atoms with Crippen molar-refractivity contribution in [3.63, 3.8) is 0 Å². The SMILES string of the molecule is CCC(C)S(=O)CC(=O)Nc1cccc(C#N)c1. The predicted molar refractivity (Wildman–Crippen MR) is 72.5 cm³/mol. The lowest BCUT2D eigenvalue weighted by Crippen LogP contribution is -2.24. The predicted octanol–water partition coefficient (Wildman–Crippen LogP) is 2.04. The summed E-state index contributed by atoms with van der Waals surface area (Å²) in [6, 6.07) is 8.64. The highest BCUT2D eigenvalue weighted by molar-refractivity contribution is 7.86. The molecular formula is C13H16N2O2S. The van der Waals surface area contributed by atoms with Crippen LogP contribution in [0.2, 0.25) is 0 Å². The number of carbonyl (C=O) groups is 1. The van der Waals surface area contributed by atoms with Crippen molar-refractivity contribution in [3.05, 3.63) is 29.8 Å². The summed E-state index contributed by atoms with van der Waals surface area (Å²) in [6.45, 7) is 3.80. The van der Waals surface area contributed by atoms with Crippen molar-refractivity contribution in [2.75, 3.05) is 11.1 Å². The van der Waals surface area contributed by atoms with E-state index in [1.165, 1.54) is 0 Å². The minimum Gasteiger partial charge on any atom is -0.325 e. The summed E-state index contributed by atoms with van der Waals surface area (Å²) in [4.78, 5) is 11.7. The first kappa shape index (κ1) is 14.4. The number of hydrogen-bond donors (Lipinski definition) is 1. The summed E-state index contributed by atoms with van der Waals surface area (Å²) in [6.07, 6.45) is 0.782. The number of benzene rings is 1. The zero-order valence-corrected chi connectivity index (χ0v) is 11.3. The first-order valence-electron chi connectivity index (χ1n) is 5.74. The van der Waals surface area contributed by atoms with E-state index in [2.05, 4.69) is 5.32 Å². The number of hydrogen-bond acceptors (Lipinski definition) is 3. The molecule has 4 nitrogen and oxygen atoms in total. The molecule has 5 heteroatoms. The van der Waals surface area contributed by atoms with Crippen LogP contribution in [0.4, 0.5) is 5.69 Å². The Morgan fingerprint density at radius 3 is 2.89 bits per heavy atom. The molecule has 2 unspecified atom stereocenters. The molecule has 96 valence electrons. The molecule has 1 aromatic rings. The summed E-state index contributed by atoms with van der Waals surface area (Å²) >= 11 is 0. The van der Waals surface area contributed by atoms with E-state index >= 15 is 0 Å². The fourth-order valence-electron chi connectivity index (χ4n) is 1.32. The van der Waals surface area contributed by atoms with E-state index in [1.54, 1.807) is 24.3 Å². The second-order valence-electron chi connectivity index (χ2n) is 3.98. The largest absolute Gasteiger partial charge is 0.325 e. The standard InChI is InChI=1S/C13H16N2O2S/c1-3-10(2)18(17)9-13(16)15-12-6-4-5-11(7-12)8-14/h4-7,10H,3,9H2,1-2H3,(H,15,16). The first-order valence-corrected chi connectivity index (χ1v) is 7.12. The molecule has 0 fully saturated rings. The lowest BCUT2D eigenvalue weighted by molar-refractivity contribution is -0.113. The molecule has 1 N–H and O–H groups in total. The zero-order valence-electron chi connectivity index (χ0n) is 10.5. The van der Waals surface area contributed by atoms with Gasteiger partial charge in [-0.05, 0) is 24.6 Å². The third-order valence-electron chi connectivity index (χ3n) is 2.57. The minimum atomic E-state index is -1.15. The molecule has 0 bridgehead atoms. The van der Waals surface area contributed by atoms with Gasteiger partial charge in [0.15, 0.2) is 0 Å². The zero-order chi connectivity index (χ0) is 13.5. The fraction of sp³-hybridized carbons (Fsp3) is 0.385. The van der Waals surface area contributed by atoms with Crippen molar-refractivity contribution in [3.8, 4) is 6.07 Å². The molecule has 0 aliphatic rings. The van der Waals surface area contributed by atoms with Gasteiger partial charge in [-0.3, -0.25) is 9.00 Å². The van der Waals surface area contributed by atoms with E-state index in [1.807, 2.05) is 19.9 Å². The van der Waals surface area contributed by atoms with Gasteiger partial charge in [-0.15, -0.1) is 0 Å². The Balaban J connectivity index is 2.60. The summed E-state index contributed by atoms with van der Waals surface area (Å²) in [5, 5.41) is 11.4. The minimum absolute atomic E-state index is 0.00815. The molecule has 2 atom stereocenters. The molecular weight excluding hydrogens is 248 g/mol. The highest BCUT2D eigenvalue weighted by Crippen LogP contribution is 2.10. The van der Waals surface area contributed by atoms with Gasteiger partial charge in [0.25, 0.3) is 0 Å². The van der Waals surface area contributed by atoms with Crippen molar-refractivity contribution in [2.24, 2.45) is 0 Å². The van der Waals surface area contributed by atoms with Crippen molar-refractivity contribution >= 4 is 22.4 Å². The molecule has 1 aromatic carbocycles. The van der Waals surface area contributed by atoms with Gasteiger partial charge in [0, 0.05) is 21.7 Å². The normalized spacial score (nSPS) is 13.4. The summed E-state index contributed by atoms with van der Waals surface area (Å²) in [7, 11) is -1.15. The highest BCUT2D eigenvalue weighted by atomic mass is 32.2. The summed E-state index contributed by atoms with van der Waals surface area (Å²) < 4.78 is 11.7. The van der Waals surface area contributed by atoms with Crippen LogP contribution in [0, 0.1) is 11.3 Å². The van der Waals surface area contributed by atoms with Crippen LogP contribution in [-0.4, -0.2) is 21.1 Å². The average Bonchev–Trinajstić information content (AvgIpc) is 2.37. The quantitative estimate of drug-likeness (QED) is 0.884. The molecule has 0 aromatic heterocycles. The molecule has 0 saturated heterocycles. The van der Waals surface area contributed by atoms with Crippen LogP contribution in [0.1, 0.15) is 25.8 Å². The third-order valence-corrected chi connectivity index (χ3v) is 4.35. The highest BCUT2D eigenvalue weighted by Gasteiger charge is 2.13. The van der Waals surface area contributed by atoms with Gasteiger partial charge in [0.05, 0.1) is 11.6 Å². The monoisotopic (exact) mass is 264 g/mol. The third kappa shape index (κ3) is 4.30. The van der Waals surface area contributed by atoms with E-state index in [0.29, 0.717) is 11.3 Å². The fourth-order valence-corrected chi connectivity index (χ4v) is 2.31. The van der Waals surface area contributed by atoms with E-state index < -0.39 is 10.8 Å². The molecule has 0 aliphatic carbocycles. The molecule has 18 heavy (non-hydrogen) atoms. The molecule has 1 amide bonds. The molecule has 0 radical (unpaired) electrons. The van der Waals surface area contributed by atoms with Gasteiger partial charge in [-0.25, -0.2) is 0 Å². The van der Waals surface area contributed by atoms with Crippen LogP contribution < -0.4 is 5.32 Å². The van der Waals surface area contributed by atoms with E-state index in [4.69, 9.17) is 5.26 Å². The number of carbonyl (C=O) groups excluding carboxylic acids is 1. The lowest BCUT2D eigenvalue weighted by Gasteiger charge is -2.09. The van der Waals surface area contributed by atoms with E-state index in [9.17, 15) is 9.00 Å². The molecule has 1 rings (SSSR count). The van der Waals surface area contributed by atoms with E-state index in [-0.39, 0.29) is 16.9 Å². The second-order valence-corrected chi connectivity index (χ2v) is 5.84. The van der Waals surface area contributed by atoms with Crippen molar-refractivity contribution in [1.29, 1.82) is 5.26 Å². The maximum Gasteiger partial charge on any atom is 0.237 e. The topological polar surface area (TPSA) is 70.0 Å². The number of nitrogens with zero attached hydrogens (tertiary/aromatic N) is 1. The van der Waals surface area contributed by atoms with Crippen molar-refractivity contribution in [1.82, 2.24) is 0 Å². The Hall–Kier alpha value is -1.67. The lowest BCUT2D eigenvalue weighted by atomic mass is 10.2. The van der Waals surface area contributed by atoms with Gasteiger partial charge < -0.3 is 5.32 Å². The van der Waals surface area contributed by atoms with Crippen LogP contribution in [0.15, 0.2) is 24.3 Å².